The van der Waals surface area contributed by atoms with E-state index >= 15 is 0 Å². The molecule has 3 rings (SSSR count). The van der Waals surface area contributed by atoms with Crippen molar-refractivity contribution < 1.29 is 19.3 Å². The van der Waals surface area contributed by atoms with E-state index in [-0.39, 0.29) is 12.6 Å². The first-order valence-corrected chi connectivity index (χ1v) is 8.93. The van der Waals surface area contributed by atoms with Gasteiger partial charge >= 0.3 is 13.5 Å². The number of hydrogen-bond donors (Lipinski definition) is 1. The number of carbonyl (C=O) groups is 1. The topological polar surface area (TPSA) is 55.8 Å². The van der Waals surface area contributed by atoms with Gasteiger partial charge in [0.1, 0.15) is 7.85 Å². The normalized spacial score (nSPS) is 12.0. The Bertz CT molecular complexity index is 914. The van der Waals surface area contributed by atoms with E-state index in [1.54, 1.807) is 24.9 Å². The van der Waals surface area contributed by atoms with Crippen LogP contribution in [0.15, 0.2) is 18.2 Å². The first-order chi connectivity index (χ1) is 11.3. The van der Waals surface area contributed by atoms with Gasteiger partial charge in [-0.25, -0.2) is 4.79 Å². The highest BCUT2D eigenvalue weighted by Crippen LogP contribution is 2.34. The van der Waals surface area contributed by atoms with Crippen LogP contribution in [0.1, 0.15) is 24.2 Å². The maximum atomic E-state index is 12.1. The Hall–Kier alpha value is -1.34. The molecule has 2 heterocycles. The van der Waals surface area contributed by atoms with E-state index in [1.807, 2.05) is 26.0 Å². The predicted octanol–water partition coefficient (Wildman–Crippen LogP) is 1.73. The van der Waals surface area contributed by atoms with E-state index in [0.29, 0.717) is 10.3 Å². The van der Waals surface area contributed by atoms with Gasteiger partial charge in [0.2, 0.25) is 0 Å². The lowest BCUT2D eigenvalue weighted by Crippen LogP contribution is -2.33. The Morgan fingerprint density at radius 2 is 2.04 bits per heavy atom. The average Bonchev–Trinajstić information content (AvgIpc) is 3.13. The Balaban J connectivity index is 2.08. The Morgan fingerprint density at radius 3 is 2.71 bits per heavy atom. The molecule has 1 aromatic carbocycles. The lowest BCUT2D eigenvalue weighted by atomic mass is 9.95. The average molecular weight is 357 g/mol. The number of fused-ring (bicyclic) bond motifs is 3. The quantitative estimate of drug-likeness (QED) is 0.558. The number of carbonyl (C=O) groups excluding carboxylic acids is 1. The maximum absolute atomic E-state index is 12.1. The van der Waals surface area contributed by atoms with Crippen LogP contribution in [0.5, 0.6) is 0 Å². The summed E-state index contributed by atoms with van der Waals surface area (Å²) in [5.74, 6) is -0.380. The molecule has 0 saturated heterocycles. The maximum Gasteiger partial charge on any atom is 0.341 e. The summed E-state index contributed by atoms with van der Waals surface area (Å²) < 4.78 is 14.1. The summed E-state index contributed by atoms with van der Waals surface area (Å²) in [6, 6.07) is 5.58. The van der Waals surface area contributed by atoms with Crippen LogP contribution in [0.25, 0.3) is 20.2 Å². The summed E-state index contributed by atoms with van der Waals surface area (Å²) in [4.78, 5) is 12.1. The second-order valence-corrected chi connectivity index (χ2v) is 8.20. The van der Waals surface area contributed by atoms with Gasteiger partial charge in [-0.15, -0.1) is 11.3 Å². The van der Waals surface area contributed by atoms with E-state index in [4.69, 9.17) is 17.2 Å². The van der Waals surface area contributed by atoms with Crippen LogP contribution in [0.4, 0.5) is 0 Å². The van der Waals surface area contributed by atoms with Crippen LogP contribution in [0, 0.1) is 0 Å². The lowest BCUT2D eigenvalue weighted by molar-refractivity contribution is 0.0463. The van der Waals surface area contributed by atoms with Crippen molar-refractivity contribution >= 4 is 73.7 Å². The van der Waals surface area contributed by atoms with Crippen molar-refractivity contribution in [3.8, 4) is 0 Å². The SMILES string of the molecule is [B]c1cc2c(C(=O)OC)cc3cc([B]OC(C)(C)CO)sc3c2s1. The zero-order valence-corrected chi connectivity index (χ0v) is 15.2. The summed E-state index contributed by atoms with van der Waals surface area (Å²) in [6.07, 6.45) is 0. The molecule has 8 heteroatoms. The predicted molar refractivity (Wildman–Crippen MR) is 102 cm³/mol. The Morgan fingerprint density at radius 1 is 1.29 bits per heavy atom. The number of methoxy groups -OCH3 is 1. The zero-order valence-electron chi connectivity index (χ0n) is 13.6. The molecule has 2 aromatic heterocycles. The van der Waals surface area contributed by atoms with Crippen molar-refractivity contribution in [1.82, 2.24) is 0 Å². The van der Waals surface area contributed by atoms with Gasteiger partial charge in [-0.2, -0.15) is 11.3 Å². The largest absolute Gasteiger partial charge is 0.465 e. The number of thiophene rings is 2. The zero-order chi connectivity index (χ0) is 17.5. The smallest absolute Gasteiger partial charge is 0.341 e. The van der Waals surface area contributed by atoms with Crippen LogP contribution in [0.2, 0.25) is 0 Å². The fourth-order valence-corrected chi connectivity index (χ4v) is 4.42. The van der Waals surface area contributed by atoms with Crippen LogP contribution in [-0.4, -0.2) is 45.7 Å². The van der Waals surface area contributed by atoms with Gasteiger partial charge in [0.25, 0.3) is 0 Å². The first kappa shape index (κ1) is 17.5. The van der Waals surface area contributed by atoms with Crippen LogP contribution in [0.3, 0.4) is 0 Å². The molecule has 0 spiro atoms. The first-order valence-electron chi connectivity index (χ1n) is 7.30. The molecule has 0 unspecified atom stereocenters. The van der Waals surface area contributed by atoms with Crippen molar-refractivity contribution in [1.29, 1.82) is 0 Å². The van der Waals surface area contributed by atoms with Crippen molar-refractivity contribution in [3.63, 3.8) is 0 Å². The molecule has 0 bridgehead atoms. The summed E-state index contributed by atoms with van der Waals surface area (Å²) in [7, 11) is 8.95. The molecule has 24 heavy (non-hydrogen) atoms. The Kier molecular flexibility index (Phi) is 4.75. The van der Waals surface area contributed by atoms with Gasteiger partial charge in [0.05, 0.1) is 34.3 Å². The number of rotatable bonds is 5. The van der Waals surface area contributed by atoms with Crippen molar-refractivity contribution in [2.24, 2.45) is 0 Å². The third-order valence-electron chi connectivity index (χ3n) is 3.61. The van der Waals surface area contributed by atoms with Crippen LogP contribution >= 0.6 is 22.7 Å². The molecule has 0 fully saturated rings. The molecule has 0 aliphatic rings. The van der Waals surface area contributed by atoms with Crippen molar-refractivity contribution in [3.05, 3.63) is 23.8 Å². The van der Waals surface area contributed by atoms with E-state index in [2.05, 4.69) is 0 Å². The summed E-state index contributed by atoms with van der Waals surface area (Å²) in [6.45, 7) is 3.54. The standard InChI is InChI=1S/C16H15B2O4S2/c1-16(2,7-19)22-18-12-5-8-4-10(15(20)21-3)9-6-11(17)23-14(9)13(8)24-12/h4-6,19H,7H2,1-3H3. The highest BCUT2D eigenvalue weighted by molar-refractivity contribution is 7.34. The van der Waals surface area contributed by atoms with E-state index in [0.717, 1.165) is 24.9 Å². The third-order valence-corrected chi connectivity index (χ3v) is 5.81. The van der Waals surface area contributed by atoms with Gasteiger partial charge in [-0.1, -0.05) is 6.07 Å². The molecular formula is C16H15B2O4S2. The lowest BCUT2D eigenvalue weighted by Gasteiger charge is -2.22. The van der Waals surface area contributed by atoms with Gasteiger partial charge < -0.3 is 14.5 Å². The second-order valence-electron chi connectivity index (χ2n) is 6.03. The van der Waals surface area contributed by atoms with Crippen molar-refractivity contribution in [2.45, 2.75) is 19.4 Å². The number of aliphatic hydroxyl groups is 1. The molecule has 0 aliphatic carbocycles. The molecule has 1 N–H and O–H groups in total. The molecular weight excluding hydrogens is 342 g/mol. The number of esters is 1. The van der Waals surface area contributed by atoms with E-state index < -0.39 is 5.60 Å². The minimum atomic E-state index is -0.643. The van der Waals surface area contributed by atoms with Crippen LogP contribution in [-0.2, 0) is 9.39 Å². The highest BCUT2D eigenvalue weighted by atomic mass is 32.1. The molecule has 4 nitrogen and oxygen atoms in total. The third kappa shape index (κ3) is 3.24. The fourth-order valence-electron chi connectivity index (χ4n) is 2.31. The number of ether oxygens (including phenoxy) is 1. The second kappa shape index (κ2) is 6.52. The fraction of sp³-hybridized carbons (Fsp3) is 0.312. The molecule has 0 saturated carbocycles. The Labute approximate surface area is 150 Å². The number of benzene rings is 1. The van der Waals surface area contributed by atoms with Gasteiger partial charge in [0, 0.05) is 10.2 Å². The molecule has 3 aromatic rings. The molecule has 3 radical (unpaired) electrons. The number of aliphatic hydroxyl groups excluding tert-OH is 1. The monoisotopic (exact) mass is 357 g/mol. The number of hydrogen-bond acceptors (Lipinski definition) is 6. The molecule has 0 amide bonds. The molecule has 121 valence electrons. The highest BCUT2D eigenvalue weighted by Gasteiger charge is 2.20. The minimum absolute atomic E-state index is 0.0768. The van der Waals surface area contributed by atoms with Gasteiger partial charge in [-0.3, -0.25) is 0 Å². The van der Waals surface area contributed by atoms with Gasteiger partial charge in [-0.05, 0) is 36.1 Å². The van der Waals surface area contributed by atoms with E-state index in [1.165, 1.54) is 18.4 Å². The minimum Gasteiger partial charge on any atom is -0.465 e. The molecule has 0 atom stereocenters. The summed E-state index contributed by atoms with van der Waals surface area (Å²) in [5.41, 5.74) is -0.135. The summed E-state index contributed by atoms with van der Waals surface area (Å²) in [5, 5.41) is 11.0. The van der Waals surface area contributed by atoms with Crippen molar-refractivity contribution in [2.75, 3.05) is 13.7 Å². The van der Waals surface area contributed by atoms with Gasteiger partial charge in [0.15, 0.2) is 0 Å². The van der Waals surface area contributed by atoms with Crippen LogP contribution < -0.4 is 9.55 Å². The van der Waals surface area contributed by atoms with E-state index in [9.17, 15) is 9.90 Å². The molecule has 0 aliphatic heterocycles. The summed E-state index contributed by atoms with van der Waals surface area (Å²) >= 11 is 3.01.